The number of nitrogens with zero attached hydrogens (tertiary/aromatic N) is 13. The molecule has 0 aliphatic rings. The summed E-state index contributed by atoms with van der Waals surface area (Å²) in [5, 5.41) is 63.8. The molecule has 0 aliphatic carbocycles. The lowest BCUT2D eigenvalue weighted by Crippen LogP contribution is -2.29. The van der Waals surface area contributed by atoms with Crippen molar-refractivity contribution in [1.29, 1.82) is 0 Å². The van der Waals surface area contributed by atoms with E-state index in [1.165, 1.54) is 36.4 Å². The molecule has 0 spiro atoms. The van der Waals surface area contributed by atoms with E-state index in [4.69, 9.17) is 14.2 Å². The minimum Gasteiger partial charge on any atom is -0.617 e. The molecule has 26 nitrogen and oxygen atoms in total. The largest absolute Gasteiger partial charge is 0.617 e. The maximum Gasteiger partial charge on any atom is 0.284 e. The molecule has 0 N–H and O–H groups in total. The fourth-order valence-electron chi connectivity index (χ4n) is 5.44. The van der Waals surface area contributed by atoms with Crippen LogP contribution in [0, 0.1) is 50.9 Å². The van der Waals surface area contributed by atoms with Crippen molar-refractivity contribution in [3.05, 3.63) is 237 Å². The average molecular weight is 2110 g/mol. The van der Waals surface area contributed by atoms with Gasteiger partial charge in [-0.2, -0.15) is 9.46 Å². The standard InChI is InChI=1S/C12H10Br2N2O2.C10H4Br2N4O4.C6H5Br2NO.C5H2Br2N2O3.C5H2Br2N2O2.C5H3Br2NO.C5H3Br2N/c1-17-7-3-9(15-11(13)5-7)10-4-8(18-2)6-12(14)16-10;11-9-3-5(15(17)18)1-7(13-9)8-2-6(16(19)20)4-10(12)14-8;1-10-4-2-5(7)9-6(8)3-4;6-4-1-3(9(11)12)2-5(7)8(4)10;6-4-1-3(9(10)11)2-5(7)8-4;6-4-2-1-3-5(7)8(4)9;6-4-2-1-3-5(7)8-4/h3-6H,1-2H3;1-4H;2-3H,1H3;1-2H;1-2H;1-3H;1-3H. The van der Waals surface area contributed by atoms with Crippen molar-refractivity contribution in [2.45, 2.75) is 0 Å². The van der Waals surface area contributed by atoms with E-state index in [1.54, 1.807) is 63.8 Å². The van der Waals surface area contributed by atoms with E-state index in [1.807, 2.05) is 30.3 Å². The number of methoxy groups -OCH3 is 3. The van der Waals surface area contributed by atoms with E-state index in [0.717, 1.165) is 41.0 Å². The lowest BCUT2D eigenvalue weighted by molar-refractivity contribution is -0.629. The quantitative estimate of drug-likeness (QED) is 0.0426. The Morgan fingerprint density at radius 1 is 0.307 bits per heavy atom. The van der Waals surface area contributed by atoms with Gasteiger partial charge in [0.05, 0.1) is 75.9 Å². The smallest absolute Gasteiger partial charge is 0.284 e. The Balaban J connectivity index is 0.000000275. The van der Waals surface area contributed by atoms with Gasteiger partial charge in [-0.05, 0) is 177 Å². The zero-order chi connectivity index (χ0) is 66.1. The van der Waals surface area contributed by atoms with Gasteiger partial charge in [0.2, 0.25) is 0 Å². The summed E-state index contributed by atoms with van der Waals surface area (Å²) < 4.78 is 23.8. The van der Waals surface area contributed by atoms with Crippen molar-refractivity contribution in [3.63, 3.8) is 0 Å². The highest BCUT2D eigenvalue weighted by molar-refractivity contribution is 9.12. The van der Waals surface area contributed by atoms with E-state index in [2.05, 4.69) is 258 Å². The predicted molar refractivity (Wildman–Crippen MR) is 373 cm³/mol. The summed E-state index contributed by atoms with van der Waals surface area (Å²) in [6.45, 7) is 0. The van der Waals surface area contributed by atoms with Crippen LogP contribution in [-0.4, -0.2) is 75.9 Å². The van der Waals surface area contributed by atoms with Crippen molar-refractivity contribution in [2.24, 2.45) is 0 Å². The molecule has 462 valence electrons. The zero-order valence-corrected chi connectivity index (χ0v) is 65.7. The molecule has 9 heterocycles. The molecule has 88 heavy (non-hydrogen) atoms. The van der Waals surface area contributed by atoms with Crippen LogP contribution in [0.15, 0.2) is 186 Å². The SMILES string of the molecule is Brc1cccc(Br)n1.COc1cc(Br)nc(-c2cc(OC)cc(Br)n2)c1.COc1cc(Br)nc(Br)c1.O=[N+]([O-])c1cc(Br)[n+]([O-])c(Br)c1.O=[N+]([O-])c1cc(Br)nc(-c2cc([N+](=O)[O-])cc(Br)n2)c1.O=[N+]([O-])c1cc(Br)nc(Br)c1.[O-][n+]1c(Br)cccc1Br. The monoisotopic (exact) mass is 2100 g/mol. The van der Waals surface area contributed by atoms with Gasteiger partial charge >= 0.3 is 0 Å². The maximum atomic E-state index is 10.9. The zero-order valence-electron chi connectivity index (χ0n) is 43.5. The van der Waals surface area contributed by atoms with Crippen molar-refractivity contribution in [3.8, 4) is 40.0 Å². The van der Waals surface area contributed by atoms with Gasteiger partial charge in [-0.15, -0.1) is 0 Å². The first-order valence-corrected chi connectivity index (χ1v) is 33.4. The van der Waals surface area contributed by atoms with Crippen LogP contribution in [0.3, 0.4) is 0 Å². The number of ether oxygens (including phenoxy) is 3. The molecule has 0 saturated carbocycles. The van der Waals surface area contributed by atoms with Crippen molar-refractivity contribution >= 4 is 246 Å². The van der Waals surface area contributed by atoms with Crippen molar-refractivity contribution in [2.75, 3.05) is 21.3 Å². The average Bonchev–Trinajstić information content (AvgIpc) is 3.46. The van der Waals surface area contributed by atoms with E-state index >= 15 is 0 Å². The highest BCUT2D eigenvalue weighted by Gasteiger charge is 2.18. The number of rotatable bonds is 9. The number of hydrogen-bond donors (Lipinski definition) is 0. The molecule has 0 atom stereocenters. The van der Waals surface area contributed by atoms with Gasteiger partial charge in [-0.1, -0.05) is 6.07 Å². The van der Waals surface area contributed by atoms with Gasteiger partial charge in [0.1, 0.15) is 63.3 Å². The van der Waals surface area contributed by atoms with Crippen LogP contribution in [0.5, 0.6) is 17.2 Å². The molecule has 0 unspecified atom stereocenters. The molecule has 0 radical (unpaired) electrons. The van der Waals surface area contributed by atoms with Crippen LogP contribution in [-0.2, 0) is 0 Å². The minimum atomic E-state index is -0.581. The van der Waals surface area contributed by atoms with Crippen molar-refractivity contribution < 1.29 is 43.4 Å². The highest BCUT2D eigenvalue weighted by atomic mass is 79.9. The fraction of sp³-hybridized carbons (Fsp3) is 0.0625. The molecule has 9 aromatic heterocycles. The predicted octanol–water partition coefficient (Wildman–Crippen LogP) is 18.5. The van der Waals surface area contributed by atoms with Crippen LogP contribution >= 0.6 is 223 Å². The van der Waals surface area contributed by atoms with Gasteiger partial charge in [-0.25, -0.2) is 34.9 Å². The van der Waals surface area contributed by atoms with Crippen LogP contribution in [0.25, 0.3) is 22.8 Å². The number of hydrogen-bond acceptors (Lipinski definition) is 20. The second kappa shape index (κ2) is 39.2. The van der Waals surface area contributed by atoms with Gasteiger partial charge in [0, 0.05) is 149 Å². The summed E-state index contributed by atoms with van der Waals surface area (Å²) >= 11 is 43.7. The number of pyridine rings is 9. The van der Waals surface area contributed by atoms with E-state index in [9.17, 15) is 50.9 Å². The van der Waals surface area contributed by atoms with Crippen LogP contribution in [0.2, 0.25) is 0 Å². The first-order chi connectivity index (χ1) is 41.3. The molecule has 0 fully saturated rings. The third-order valence-electron chi connectivity index (χ3n) is 9.11. The number of aromatic nitrogens is 9. The Morgan fingerprint density at radius 3 is 0.818 bits per heavy atom. The van der Waals surface area contributed by atoms with E-state index in [-0.39, 0.29) is 52.6 Å². The van der Waals surface area contributed by atoms with Crippen LogP contribution < -0.4 is 23.7 Å². The molecule has 0 aliphatic heterocycles. The molecular formula is C48H29Br14N13O13. The van der Waals surface area contributed by atoms with Gasteiger partial charge in [0.15, 0.2) is 0 Å². The minimum absolute atomic E-state index is 0.0127. The van der Waals surface area contributed by atoms with E-state index < -0.39 is 19.7 Å². The third-order valence-corrected chi connectivity index (χ3v) is 15.5. The molecular weight excluding hydrogens is 2090 g/mol. The molecule has 0 saturated heterocycles. The first kappa shape index (κ1) is 77.9. The Morgan fingerprint density at radius 2 is 0.534 bits per heavy atom. The fourth-order valence-corrected chi connectivity index (χ4v) is 12.2. The van der Waals surface area contributed by atoms with Crippen molar-refractivity contribution in [1.82, 2.24) is 34.9 Å². The summed E-state index contributed by atoms with van der Waals surface area (Å²) in [6, 6.07) is 31.4. The lowest BCUT2D eigenvalue weighted by Gasteiger charge is -2.07. The summed E-state index contributed by atoms with van der Waals surface area (Å²) in [6.07, 6.45) is 0. The molecule has 9 aromatic rings. The summed E-state index contributed by atoms with van der Waals surface area (Å²) in [7, 11) is 4.84. The highest BCUT2D eigenvalue weighted by Crippen LogP contribution is 2.31. The summed E-state index contributed by atoms with van der Waals surface area (Å²) in [4.78, 5) is 68.6. The van der Waals surface area contributed by atoms with Gasteiger partial charge in [0.25, 0.3) is 41.2 Å². The number of nitro groups is 4. The Hall–Kier alpha value is -4.33. The molecule has 0 bridgehead atoms. The van der Waals surface area contributed by atoms with Crippen LogP contribution in [0.1, 0.15) is 0 Å². The summed E-state index contributed by atoms with van der Waals surface area (Å²) in [5.74, 6) is 2.22. The lowest BCUT2D eigenvalue weighted by atomic mass is 10.2. The first-order valence-electron chi connectivity index (χ1n) is 22.3. The molecule has 9 rings (SSSR count). The molecule has 0 amide bonds. The second-order valence-corrected chi connectivity index (χ2v) is 26.4. The second-order valence-electron chi connectivity index (χ2n) is 15.1. The topological polar surface area (TPSA) is 344 Å². The van der Waals surface area contributed by atoms with Gasteiger partial charge < -0.3 is 24.6 Å². The summed E-state index contributed by atoms with van der Waals surface area (Å²) in [5.41, 5.74) is 1.24. The Bertz CT molecular complexity index is 3740. The Kier molecular flexibility index (Phi) is 34.7. The Labute approximate surface area is 614 Å². The maximum absolute atomic E-state index is 10.9. The molecule has 0 aromatic carbocycles. The van der Waals surface area contributed by atoms with Crippen LogP contribution in [0.4, 0.5) is 22.7 Å². The van der Waals surface area contributed by atoms with Gasteiger partial charge in [-0.3, -0.25) is 40.5 Å². The number of halogens is 14. The van der Waals surface area contributed by atoms with E-state index in [0.29, 0.717) is 55.2 Å². The molecule has 40 heteroatoms. The third kappa shape index (κ3) is 28.0. The normalized spacial score (nSPS) is 9.88.